The molecular formula is C4H11NO4S. The topological polar surface area (TPSA) is 78.6 Å². The molecule has 0 aromatic carbocycles. The van der Waals surface area contributed by atoms with Crippen molar-refractivity contribution in [2.75, 3.05) is 20.0 Å². The molecule has 0 atom stereocenters. The molecule has 0 aromatic rings. The molecule has 0 unspecified atom stereocenters. The third-order valence-electron chi connectivity index (χ3n) is 0.894. The number of ether oxygens (including phenoxy) is 2. The van der Waals surface area contributed by atoms with Gasteiger partial charge in [0, 0.05) is 14.2 Å². The lowest BCUT2D eigenvalue weighted by Crippen LogP contribution is -2.29. The standard InChI is InChI=1S/C4H11NO4S/c1-8-4(9-2)3-10(5,6)7/h4H,3H2,1-2H3,(H2,5,6,7). The Morgan fingerprint density at radius 1 is 1.40 bits per heavy atom. The molecule has 0 fully saturated rings. The summed E-state index contributed by atoms with van der Waals surface area (Å²) in [5.41, 5.74) is 0. The minimum Gasteiger partial charge on any atom is -0.355 e. The minimum atomic E-state index is -3.50. The predicted octanol–water partition coefficient (Wildman–Crippen LogP) is -1.11. The molecule has 0 rings (SSSR count). The molecule has 0 spiro atoms. The van der Waals surface area contributed by atoms with Crippen LogP contribution in [0.5, 0.6) is 0 Å². The summed E-state index contributed by atoms with van der Waals surface area (Å²) in [5, 5.41) is 4.70. The summed E-state index contributed by atoms with van der Waals surface area (Å²) >= 11 is 0. The van der Waals surface area contributed by atoms with Crippen LogP contribution in [0.3, 0.4) is 0 Å². The van der Waals surface area contributed by atoms with Gasteiger partial charge >= 0.3 is 0 Å². The Labute approximate surface area is 60.2 Å². The third-order valence-corrected chi connectivity index (χ3v) is 1.63. The molecule has 0 radical (unpaired) electrons. The average Bonchev–Trinajstić information content (AvgIpc) is 1.81. The van der Waals surface area contributed by atoms with Crippen LogP contribution in [-0.4, -0.2) is 34.7 Å². The molecule has 0 saturated carbocycles. The van der Waals surface area contributed by atoms with E-state index in [4.69, 9.17) is 5.14 Å². The van der Waals surface area contributed by atoms with Crippen molar-refractivity contribution < 1.29 is 17.9 Å². The number of methoxy groups -OCH3 is 2. The van der Waals surface area contributed by atoms with Crippen LogP contribution in [0, 0.1) is 0 Å². The number of hydrogen-bond donors (Lipinski definition) is 1. The Kier molecular flexibility index (Phi) is 3.80. The Balaban J connectivity index is 3.87. The van der Waals surface area contributed by atoms with E-state index in [1.807, 2.05) is 0 Å². The maximum Gasteiger partial charge on any atom is 0.214 e. The van der Waals surface area contributed by atoms with E-state index >= 15 is 0 Å². The van der Waals surface area contributed by atoms with Gasteiger partial charge in [0.05, 0.1) is 0 Å². The summed E-state index contributed by atoms with van der Waals surface area (Å²) < 4.78 is 29.9. The van der Waals surface area contributed by atoms with Crippen LogP contribution in [0.1, 0.15) is 0 Å². The molecular weight excluding hydrogens is 158 g/mol. The van der Waals surface area contributed by atoms with Crippen molar-refractivity contribution in [1.82, 2.24) is 0 Å². The first-order chi connectivity index (χ1) is 4.49. The summed E-state index contributed by atoms with van der Waals surface area (Å²) in [4.78, 5) is 0. The van der Waals surface area contributed by atoms with Crippen LogP contribution in [0.15, 0.2) is 0 Å². The Morgan fingerprint density at radius 2 is 1.80 bits per heavy atom. The molecule has 0 aliphatic carbocycles. The van der Waals surface area contributed by atoms with Gasteiger partial charge in [-0.2, -0.15) is 0 Å². The monoisotopic (exact) mass is 169 g/mol. The lowest BCUT2D eigenvalue weighted by molar-refractivity contribution is -0.0851. The summed E-state index contributed by atoms with van der Waals surface area (Å²) in [7, 11) is -0.804. The first-order valence-corrected chi connectivity index (χ1v) is 4.27. The minimum absolute atomic E-state index is 0.319. The molecule has 62 valence electrons. The summed E-state index contributed by atoms with van der Waals surface area (Å²) in [6.45, 7) is 0. The fraction of sp³-hybridized carbons (Fsp3) is 1.00. The zero-order valence-electron chi connectivity index (χ0n) is 5.90. The number of sulfonamides is 1. The van der Waals surface area contributed by atoms with E-state index in [2.05, 4.69) is 9.47 Å². The van der Waals surface area contributed by atoms with Crippen molar-refractivity contribution in [1.29, 1.82) is 0 Å². The van der Waals surface area contributed by atoms with E-state index in [-0.39, 0.29) is 5.75 Å². The zero-order valence-corrected chi connectivity index (χ0v) is 6.72. The second-order valence-electron chi connectivity index (χ2n) is 1.73. The second kappa shape index (κ2) is 3.87. The lowest BCUT2D eigenvalue weighted by Gasteiger charge is -2.10. The highest BCUT2D eigenvalue weighted by molar-refractivity contribution is 7.89. The van der Waals surface area contributed by atoms with Crippen LogP contribution in [0.25, 0.3) is 0 Å². The fourth-order valence-electron chi connectivity index (χ4n) is 0.422. The van der Waals surface area contributed by atoms with Crippen molar-refractivity contribution in [3.63, 3.8) is 0 Å². The SMILES string of the molecule is COC(CS(N)(=O)=O)OC. The smallest absolute Gasteiger partial charge is 0.214 e. The lowest BCUT2D eigenvalue weighted by atomic mass is 10.7. The van der Waals surface area contributed by atoms with Crippen LogP contribution >= 0.6 is 0 Å². The van der Waals surface area contributed by atoms with E-state index in [0.717, 1.165) is 0 Å². The largest absolute Gasteiger partial charge is 0.355 e. The molecule has 10 heavy (non-hydrogen) atoms. The van der Waals surface area contributed by atoms with Crippen molar-refractivity contribution in [3.8, 4) is 0 Å². The van der Waals surface area contributed by atoms with Gasteiger partial charge in [-0.1, -0.05) is 0 Å². The van der Waals surface area contributed by atoms with Gasteiger partial charge in [-0.3, -0.25) is 0 Å². The Morgan fingerprint density at radius 3 is 1.90 bits per heavy atom. The van der Waals surface area contributed by atoms with Crippen LogP contribution in [0.4, 0.5) is 0 Å². The predicted molar refractivity (Wildman–Crippen MR) is 35.8 cm³/mol. The second-order valence-corrected chi connectivity index (χ2v) is 3.39. The van der Waals surface area contributed by atoms with Gasteiger partial charge in [-0.05, 0) is 0 Å². The normalized spacial score (nSPS) is 12.4. The van der Waals surface area contributed by atoms with E-state index in [9.17, 15) is 8.42 Å². The molecule has 0 heterocycles. The number of nitrogens with two attached hydrogens (primary N) is 1. The molecule has 5 nitrogen and oxygen atoms in total. The van der Waals surface area contributed by atoms with E-state index in [1.54, 1.807) is 0 Å². The van der Waals surface area contributed by atoms with Crippen molar-refractivity contribution in [2.45, 2.75) is 6.29 Å². The quantitative estimate of drug-likeness (QED) is 0.541. The van der Waals surface area contributed by atoms with Gasteiger partial charge in [0.2, 0.25) is 10.0 Å². The van der Waals surface area contributed by atoms with Gasteiger partial charge < -0.3 is 9.47 Å². The van der Waals surface area contributed by atoms with Crippen molar-refractivity contribution in [3.05, 3.63) is 0 Å². The highest BCUT2D eigenvalue weighted by Gasteiger charge is 2.13. The fourth-order valence-corrected chi connectivity index (χ4v) is 1.07. The van der Waals surface area contributed by atoms with Gasteiger partial charge in [0.15, 0.2) is 6.29 Å². The van der Waals surface area contributed by atoms with Crippen LogP contribution in [-0.2, 0) is 19.5 Å². The van der Waals surface area contributed by atoms with E-state index in [0.29, 0.717) is 0 Å². The third kappa shape index (κ3) is 4.68. The van der Waals surface area contributed by atoms with Gasteiger partial charge in [0.25, 0.3) is 0 Å². The maximum absolute atomic E-state index is 10.4. The first-order valence-electron chi connectivity index (χ1n) is 2.55. The molecule has 6 heteroatoms. The molecule has 2 N–H and O–H groups in total. The molecule has 0 aromatic heterocycles. The van der Waals surface area contributed by atoms with Crippen molar-refractivity contribution in [2.24, 2.45) is 5.14 Å². The molecule has 0 aliphatic rings. The molecule has 0 amide bonds. The average molecular weight is 169 g/mol. The molecule has 0 bridgehead atoms. The Hall–Kier alpha value is -0.170. The first kappa shape index (κ1) is 9.83. The zero-order chi connectivity index (χ0) is 8.20. The summed E-state index contributed by atoms with van der Waals surface area (Å²) in [6.07, 6.45) is -0.769. The highest BCUT2D eigenvalue weighted by atomic mass is 32.2. The van der Waals surface area contributed by atoms with Crippen LogP contribution < -0.4 is 5.14 Å². The molecule has 0 saturated heterocycles. The number of hydrogen-bond acceptors (Lipinski definition) is 4. The van der Waals surface area contributed by atoms with Gasteiger partial charge in [-0.25, -0.2) is 13.6 Å². The van der Waals surface area contributed by atoms with Gasteiger partial charge in [-0.15, -0.1) is 0 Å². The maximum atomic E-state index is 10.4. The summed E-state index contributed by atoms with van der Waals surface area (Å²) in [6, 6.07) is 0. The molecule has 0 aliphatic heterocycles. The number of primary sulfonamides is 1. The summed E-state index contributed by atoms with van der Waals surface area (Å²) in [5.74, 6) is -0.319. The van der Waals surface area contributed by atoms with E-state index in [1.165, 1.54) is 14.2 Å². The highest BCUT2D eigenvalue weighted by Crippen LogP contribution is 1.92. The van der Waals surface area contributed by atoms with Crippen LogP contribution in [0.2, 0.25) is 0 Å². The Bertz CT molecular complexity index is 172. The van der Waals surface area contributed by atoms with Crippen molar-refractivity contribution >= 4 is 10.0 Å². The van der Waals surface area contributed by atoms with Gasteiger partial charge in [0.1, 0.15) is 5.75 Å². The number of rotatable bonds is 4. The van der Waals surface area contributed by atoms with E-state index < -0.39 is 16.3 Å².